The normalized spacial score (nSPS) is 16.6. The zero-order valence-corrected chi connectivity index (χ0v) is 14.2. The van der Waals surface area contributed by atoms with Crippen molar-refractivity contribution < 1.29 is 13.2 Å². The molecule has 1 amide bonds. The molecule has 1 fully saturated rings. The molecular weight excluding hydrogens is 324 g/mol. The number of sulfone groups is 1. The summed E-state index contributed by atoms with van der Waals surface area (Å²) < 4.78 is 26.2. The zero-order valence-electron chi connectivity index (χ0n) is 13.3. The summed E-state index contributed by atoms with van der Waals surface area (Å²) in [6.45, 7) is 1.22. The quantitative estimate of drug-likeness (QED) is 0.855. The van der Waals surface area contributed by atoms with E-state index in [1.807, 2.05) is 0 Å². The highest BCUT2D eigenvalue weighted by atomic mass is 32.2. The summed E-state index contributed by atoms with van der Waals surface area (Å²) in [7, 11) is -3.91. The fraction of sp³-hybridized carbons (Fsp3) is 0.333. The van der Waals surface area contributed by atoms with Gasteiger partial charge in [-0.3, -0.25) is 4.79 Å². The largest absolute Gasteiger partial charge is 0.341 e. The predicted molar refractivity (Wildman–Crippen MR) is 91.0 cm³/mol. The minimum atomic E-state index is -3.91. The molecule has 0 bridgehead atoms. The van der Waals surface area contributed by atoms with Crippen LogP contribution in [0.15, 0.2) is 59.8 Å². The summed E-state index contributed by atoms with van der Waals surface area (Å²) in [6.07, 6.45) is 4.33. The summed E-state index contributed by atoms with van der Waals surface area (Å²) in [5, 5.41) is -1.31. The van der Waals surface area contributed by atoms with Crippen LogP contribution in [0.25, 0.3) is 0 Å². The minimum absolute atomic E-state index is 0.0655. The lowest BCUT2D eigenvalue weighted by Crippen LogP contribution is -2.41. The fourth-order valence-electron chi connectivity index (χ4n) is 3.00. The standard InChI is InChI=1S/C18H20N2O3S/c21-18(20-13-7-2-8-14-20)17(15-9-3-1-4-10-15)24(22,23)16-11-5-6-12-19-16/h1,3-6,9-12,17H,2,7-8,13-14H2/t17-/m0/s1. The molecule has 0 unspecified atom stereocenters. The highest BCUT2D eigenvalue weighted by Crippen LogP contribution is 2.30. The van der Waals surface area contributed by atoms with Gasteiger partial charge in [-0.05, 0) is 37.0 Å². The first-order chi connectivity index (χ1) is 11.6. The number of piperidine rings is 1. The summed E-state index contributed by atoms with van der Waals surface area (Å²) >= 11 is 0. The first-order valence-corrected chi connectivity index (χ1v) is 9.64. The Balaban J connectivity index is 2.04. The van der Waals surface area contributed by atoms with Crippen LogP contribution >= 0.6 is 0 Å². The lowest BCUT2D eigenvalue weighted by Gasteiger charge is -2.30. The molecule has 24 heavy (non-hydrogen) atoms. The van der Waals surface area contributed by atoms with Crippen LogP contribution in [0.2, 0.25) is 0 Å². The second-order valence-corrected chi connectivity index (χ2v) is 7.87. The minimum Gasteiger partial charge on any atom is -0.341 e. The Morgan fingerprint density at radius 1 is 0.958 bits per heavy atom. The van der Waals surface area contributed by atoms with Crippen molar-refractivity contribution in [1.82, 2.24) is 9.88 Å². The molecule has 1 aliphatic heterocycles. The number of benzene rings is 1. The maximum atomic E-state index is 13.1. The summed E-state index contributed by atoms with van der Waals surface area (Å²) in [5.74, 6) is -0.355. The molecule has 2 heterocycles. The van der Waals surface area contributed by atoms with E-state index in [0.29, 0.717) is 18.7 Å². The van der Waals surface area contributed by atoms with Gasteiger partial charge in [0.25, 0.3) is 0 Å². The molecule has 1 aromatic heterocycles. The van der Waals surface area contributed by atoms with Crippen molar-refractivity contribution in [2.45, 2.75) is 29.5 Å². The van der Waals surface area contributed by atoms with Crippen molar-refractivity contribution in [3.8, 4) is 0 Å². The van der Waals surface area contributed by atoms with Crippen LogP contribution in [-0.2, 0) is 14.6 Å². The molecular formula is C18H20N2O3S. The molecule has 6 heteroatoms. The van der Waals surface area contributed by atoms with E-state index < -0.39 is 15.1 Å². The average Bonchev–Trinajstić information content (AvgIpc) is 2.64. The van der Waals surface area contributed by atoms with Crippen molar-refractivity contribution in [2.75, 3.05) is 13.1 Å². The van der Waals surface area contributed by atoms with Gasteiger partial charge in [0.05, 0.1) is 0 Å². The first-order valence-electron chi connectivity index (χ1n) is 8.09. The van der Waals surface area contributed by atoms with Gasteiger partial charge in [-0.25, -0.2) is 13.4 Å². The van der Waals surface area contributed by atoms with Gasteiger partial charge in [0.2, 0.25) is 15.7 Å². The van der Waals surface area contributed by atoms with Crippen molar-refractivity contribution >= 4 is 15.7 Å². The number of amides is 1. The molecule has 126 valence electrons. The number of carbonyl (C=O) groups excluding carboxylic acids is 1. The maximum Gasteiger partial charge on any atom is 0.245 e. The molecule has 3 rings (SSSR count). The molecule has 1 atom stereocenters. The van der Waals surface area contributed by atoms with Crippen molar-refractivity contribution in [3.05, 3.63) is 60.3 Å². The van der Waals surface area contributed by atoms with E-state index >= 15 is 0 Å². The van der Waals surface area contributed by atoms with Gasteiger partial charge in [0.1, 0.15) is 0 Å². The van der Waals surface area contributed by atoms with Crippen molar-refractivity contribution in [2.24, 2.45) is 0 Å². The van der Waals surface area contributed by atoms with E-state index in [9.17, 15) is 13.2 Å². The Labute approximate surface area is 142 Å². The highest BCUT2D eigenvalue weighted by molar-refractivity contribution is 7.92. The van der Waals surface area contributed by atoms with Crippen LogP contribution in [0.4, 0.5) is 0 Å². The third kappa shape index (κ3) is 3.33. The Kier molecular flexibility index (Phi) is 4.94. The molecule has 1 aliphatic rings. The van der Waals surface area contributed by atoms with Gasteiger partial charge < -0.3 is 4.90 Å². The lowest BCUT2D eigenvalue weighted by molar-refractivity contribution is -0.131. The van der Waals surface area contributed by atoms with E-state index in [1.54, 1.807) is 47.4 Å². The number of aromatic nitrogens is 1. The van der Waals surface area contributed by atoms with Gasteiger partial charge in [0, 0.05) is 19.3 Å². The average molecular weight is 344 g/mol. The van der Waals surface area contributed by atoms with Crippen LogP contribution in [0, 0.1) is 0 Å². The second kappa shape index (κ2) is 7.13. The van der Waals surface area contributed by atoms with Gasteiger partial charge in [-0.15, -0.1) is 0 Å². The molecule has 0 spiro atoms. The Morgan fingerprint density at radius 2 is 1.62 bits per heavy atom. The monoisotopic (exact) mass is 344 g/mol. The van der Waals surface area contributed by atoms with E-state index in [1.165, 1.54) is 12.3 Å². The van der Waals surface area contributed by atoms with Crippen LogP contribution < -0.4 is 0 Å². The third-order valence-electron chi connectivity index (χ3n) is 4.23. The van der Waals surface area contributed by atoms with Crippen molar-refractivity contribution in [3.63, 3.8) is 0 Å². The van der Waals surface area contributed by atoms with Crippen LogP contribution in [0.1, 0.15) is 30.1 Å². The van der Waals surface area contributed by atoms with Gasteiger partial charge in [-0.1, -0.05) is 36.4 Å². The summed E-state index contributed by atoms with van der Waals surface area (Å²) in [4.78, 5) is 18.7. The number of pyridine rings is 1. The Hall–Kier alpha value is -2.21. The van der Waals surface area contributed by atoms with Crippen molar-refractivity contribution in [1.29, 1.82) is 0 Å². The van der Waals surface area contributed by atoms with E-state index in [2.05, 4.69) is 4.98 Å². The predicted octanol–water partition coefficient (Wildman–Crippen LogP) is 2.61. The molecule has 0 saturated carbocycles. The highest BCUT2D eigenvalue weighted by Gasteiger charge is 2.39. The first kappa shape index (κ1) is 16.6. The van der Waals surface area contributed by atoms with E-state index in [0.717, 1.165) is 19.3 Å². The third-order valence-corrected chi connectivity index (χ3v) is 6.15. The number of hydrogen-bond donors (Lipinski definition) is 0. The molecule has 0 radical (unpaired) electrons. The number of carbonyl (C=O) groups is 1. The number of rotatable bonds is 4. The molecule has 5 nitrogen and oxygen atoms in total. The molecule has 1 aromatic carbocycles. The zero-order chi connectivity index (χ0) is 17.0. The number of likely N-dealkylation sites (tertiary alicyclic amines) is 1. The molecule has 1 saturated heterocycles. The number of nitrogens with zero attached hydrogens (tertiary/aromatic N) is 2. The van der Waals surface area contributed by atoms with Gasteiger partial charge in [-0.2, -0.15) is 0 Å². The van der Waals surface area contributed by atoms with Crippen LogP contribution in [0.3, 0.4) is 0 Å². The van der Waals surface area contributed by atoms with Gasteiger partial charge >= 0.3 is 0 Å². The Morgan fingerprint density at radius 3 is 2.25 bits per heavy atom. The summed E-state index contributed by atoms with van der Waals surface area (Å²) in [6, 6.07) is 13.4. The lowest BCUT2D eigenvalue weighted by atomic mass is 10.1. The summed E-state index contributed by atoms with van der Waals surface area (Å²) in [5.41, 5.74) is 0.485. The van der Waals surface area contributed by atoms with Crippen LogP contribution in [0.5, 0.6) is 0 Å². The van der Waals surface area contributed by atoms with E-state index in [4.69, 9.17) is 0 Å². The smallest absolute Gasteiger partial charge is 0.245 e. The molecule has 2 aromatic rings. The Bertz CT molecular complexity index is 786. The van der Waals surface area contributed by atoms with E-state index in [-0.39, 0.29) is 10.9 Å². The SMILES string of the molecule is O=C([C@H](c1ccccc1)S(=O)(=O)c1ccccn1)N1CCCCC1. The molecule has 0 N–H and O–H groups in total. The van der Waals surface area contributed by atoms with Gasteiger partial charge in [0.15, 0.2) is 10.3 Å². The number of hydrogen-bond acceptors (Lipinski definition) is 4. The topological polar surface area (TPSA) is 67.3 Å². The van der Waals surface area contributed by atoms with Crippen LogP contribution in [-0.4, -0.2) is 37.3 Å². The molecule has 0 aliphatic carbocycles. The fourth-order valence-corrected chi connectivity index (χ4v) is 4.65. The maximum absolute atomic E-state index is 13.1. The second-order valence-electron chi connectivity index (χ2n) is 5.89.